The average Bonchev–Trinajstić information content (AvgIpc) is 3.45. The molecule has 0 fully saturated rings. The Labute approximate surface area is 214 Å². The molecule has 4 rings (SSSR count). The number of carbonyl (C=O) groups is 2. The summed E-state index contributed by atoms with van der Waals surface area (Å²) in [4.78, 5) is 32.0. The second-order valence-corrected chi connectivity index (χ2v) is 10.9. The van der Waals surface area contributed by atoms with Gasteiger partial charge in [0, 0.05) is 36.1 Å². The van der Waals surface area contributed by atoms with Crippen LogP contribution in [0.1, 0.15) is 21.8 Å². The normalized spacial score (nSPS) is 11.1. The van der Waals surface area contributed by atoms with E-state index in [4.69, 9.17) is 10.9 Å². The minimum atomic E-state index is -0.538. The van der Waals surface area contributed by atoms with Crippen molar-refractivity contribution in [3.05, 3.63) is 58.9 Å². The number of hydrogen-bond donors (Lipinski definition) is 2. The molecule has 0 aliphatic rings. The van der Waals surface area contributed by atoms with E-state index in [1.807, 2.05) is 38.2 Å². The Morgan fingerprint density at radius 1 is 1.17 bits per heavy atom. The number of carbonyl (C=O) groups excluding carboxylic acids is 2. The first-order valence-corrected chi connectivity index (χ1v) is 13.2. The van der Waals surface area contributed by atoms with E-state index in [9.17, 15) is 14.0 Å². The summed E-state index contributed by atoms with van der Waals surface area (Å²) in [6.45, 7) is 3.20. The highest BCUT2D eigenvalue weighted by Crippen LogP contribution is 2.36. The number of nitrogens with zero attached hydrogens (tertiary/aromatic N) is 3. The summed E-state index contributed by atoms with van der Waals surface area (Å²) in [5, 5.41) is 7.20. The van der Waals surface area contributed by atoms with Gasteiger partial charge < -0.3 is 15.5 Å². The van der Waals surface area contributed by atoms with E-state index in [2.05, 4.69) is 9.88 Å². The summed E-state index contributed by atoms with van der Waals surface area (Å²) in [5.41, 5.74) is 8.53. The highest BCUT2D eigenvalue weighted by atomic mass is 32.2. The maximum Gasteiger partial charge on any atom is 0.258 e. The Bertz CT molecular complexity index is 1370. The number of primary amides is 1. The third-order valence-corrected chi connectivity index (χ3v) is 8.84. The molecule has 0 unspecified atom stereocenters. The lowest BCUT2D eigenvalue weighted by Crippen LogP contribution is -2.27. The van der Waals surface area contributed by atoms with Gasteiger partial charge in [0.05, 0.1) is 14.8 Å². The van der Waals surface area contributed by atoms with Crippen molar-refractivity contribution in [2.24, 2.45) is 10.9 Å². The van der Waals surface area contributed by atoms with Gasteiger partial charge in [-0.15, -0.1) is 11.3 Å². The maximum absolute atomic E-state index is 14.2. The van der Waals surface area contributed by atoms with Crippen molar-refractivity contribution in [2.45, 2.75) is 17.6 Å². The first-order chi connectivity index (χ1) is 16.8. The van der Waals surface area contributed by atoms with Crippen LogP contribution in [0, 0.1) is 12.7 Å². The van der Waals surface area contributed by atoms with E-state index >= 15 is 0 Å². The molecule has 2 heterocycles. The second-order valence-electron chi connectivity index (χ2n) is 7.95. The number of amides is 2. The third kappa shape index (κ3) is 5.48. The van der Waals surface area contributed by atoms with Gasteiger partial charge in [-0.1, -0.05) is 23.5 Å². The molecule has 0 bridgehead atoms. The van der Waals surface area contributed by atoms with Crippen LogP contribution in [0.4, 0.5) is 15.2 Å². The van der Waals surface area contributed by atoms with Crippen LogP contribution in [-0.4, -0.2) is 37.4 Å². The number of anilines is 2. The topological polar surface area (TPSA) is 106 Å². The SMILES string of the molecule is Cc1nc(N(C)CCCN(C=O)c2ccc(-c3cc(F)cc4cc(C(N)=O)sc34)cc2)sc1SN. The van der Waals surface area contributed by atoms with Gasteiger partial charge in [0.25, 0.3) is 5.91 Å². The molecule has 35 heavy (non-hydrogen) atoms. The number of fused-ring (bicyclic) bond motifs is 1. The van der Waals surface area contributed by atoms with Crippen LogP contribution < -0.4 is 20.7 Å². The van der Waals surface area contributed by atoms with E-state index in [1.54, 1.807) is 22.3 Å². The average molecular weight is 530 g/mol. The second kappa shape index (κ2) is 10.7. The first kappa shape index (κ1) is 25.1. The smallest absolute Gasteiger partial charge is 0.258 e. The van der Waals surface area contributed by atoms with Gasteiger partial charge in [0.15, 0.2) is 5.13 Å². The summed E-state index contributed by atoms with van der Waals surface area (Å²) >= 11 is 3.99. The molecule has 2 aromatic heterocycles. The van der Waals surface area contributed by atoms with E-state index in [0.717, 1.165) is 50.4 Å². The number of thiophene rings is 1. The lowest BCUT2D eigenvalue weighted by molar-refractivity contribution is -0.107. The zero-order valence-electron chi connectivity index (χ0n) is 19.2. The number of rotatable bonds is 10. The molecule has 0 atom stereocenters. The number of aryl methyl sites for hydroxylation is 1. The number of nitrogens with two attached hydrogens (primary N) is 2. The highest BCUT2D eigenvalue weighted by Gasteiger charge is 2.15. The van der Waals surface area contributed by atoms with E-state index in [0.29, 0.717) is 22.4 Å². The lowest BCUT2D eigenvalue weighted by atomic mass is 10.0. The molecule has 0 saturated heterocycles. The summed E-state index contributed by atoms with van der Waals surface area (Å²) in [6.07, 6.45) is 1.56. The van der Waals surface area contributed by atoms with Crippen molar-refractivity contribution in [1.29, 1.82) is 0 Å². The summed E-state index contributed by atoms with van der Waals surface area (Å²) in [6, 6.07) is 11.8. The predicted octanol–water partition coefficient (Wildman–Crippen LogP) is 5.03. The van der Waals surface area contributed by atoms with Gasteiger partial charge in [-0.25, -0.2) is 9.37 Å². The fraction of sp³-hybridized carbons (Fsp3) is 0.208. The van der Waals surface area contributed by atoms with Crippen molar-refractivity contribution in [3.63, 3.8) is 0 Å². The quantitative estimate of drug-likeness (QED) is 0.221. The van der Waals surface area contributed by atoms with Gasteiger partial charge in [-0.3, -0.25) is 14.7 Å². The van der Waals surface area contributed by atoms with Crippen molar-refractivity contribution in [2.75, 3.05) is 29.9 Å². The molecular formula is C24H24FN5O2S3. The van der Waals surface area contributed by atoms with E-state index < -0.39 is 11.7 Å². The Hall–Kier alpha value is -2.99. The summed E-state index contributed by atoms with van der Waals surface area (Å²) in [5.74, 6) is -0.930. The number of hydrogen-bond acceptors (Lipinski definition) is 8. The predicted molar refractivity (Wildman–Crippen MR) is 144 cm³/mol. The Morgan fingerprint density at radius 3 is 2.54 bits per heavy atom. The lowest BCUT2D eigenvalue weighted by Gasteiger charge is -2.21. The Kier molecular flexibility index (Phi) is 7.70. The highest BCUT2D eigenvalue weighted by molar-refractivity contribution is 7.99. The molecule has 2 aromatic carbocycles. The van der Waals surface area contributed by atoms with Gasteiger partial charge in [-0.05, 0) is 66.6 Å². The van der Waals surface area contributed by atoms with E-state index in [-0.39, 0.29) is 0 Å². The monoisotopic (exact) mass is 529 g/mol. The maximum atomic E-state index is 14.2. The zero-order valence-corrected chi connectivity index (χ0v) is 21.6. The minimum absolute atomic E-state index is 0.381. The summed E-state index contributed by atoms with van der Waals surface area (Å²) in [7, 11) is 1.97. The fourth-order valence-corrected chi connectivity index (χ4v) is 6.19. The molecule has 4 N–H and O–H groups in total. The fourth-order valence-electron chi connectivity index (χ4n) is 3.74. The van der Waals surface area contributed by atoms with Gasteiger partial charge >= 0.3 is 0 Å². The van der Waals surface area contributed by atoms with Crippen molar-refractivity contribution in [3.8, 4) is 11.1 Å². The van der Waals surface area contributed by atoms with Crippen LogP contribution in [0.15, 0.2) is 46.7 Å². The van der Waals surface area contributed by atoms with Crippen LogP contribution in [-0.2, 0) is 4.79 Å². The molecule has 0 radical (unpaired) electrons. The molecule has 0 aliphatic carbocycles. The molecule has 4 aromatic rings. The number of thiazole rings is 1. The number of aromatic nitrogens is 1. The molecule has 0 saturated carbocycles. The molecule has 11 heteroatoms. The van der Waals surface area contributed by atoms with Crippen molar-refractivity contribution in [1.82, 2.24) is 4.98 Å². The molecule has 7 nitrogen and oxygen atoms in total. The van der Waals surface area contributed by atoms with Crippen molar-refractivity contribution < 1.29 is 14.0 Å². The minimum Gasteiger partial charge on any atom is -0.365 e. The van der Waals surface area contributed by atoms with Gasteiger partial charge in [-0.2, -0.15) is 0 Å². The summed E-state index contributed by atoms with van der Waals surface area (Å²) < 4.78 is 16.0. The molecule has 0 aliphatic heterocycles. The van der Waals surface area contributed by atoms with Gasteiger partial charge in [0.2, 0.25) is 6.41 Å². The standard InChI is InChI=1S/C24H24FN5O2S3/c1-14-23(35-27)34-24(28-14)29(2)8-3-9-30(13-31)18-6-4-15(5-7-18)19-12-17(25)10-16-11-20(22(26)32)33-21(16)19/h4-7,10-13H,3,8-9,27H2,1-2H3,(H2,26,32). The molecule has 182 valence electrons. The molecule has 2 amide bonds. The number of halogens is 1. The van der Waals surface area contributed by atoms with Crippen LogP contribution in [0.2, 0.25) is 0 Å². The third-order valence-electron chi connectivity index (χ3n) is 5.53. The largest absolute Gasteiger partial charge is 0.365 e. The molecular weight excluding hydrogens is 505 g/mol. The van der Waals surface area contributed by atoms with Crippen LogP contribution in [0.3, 0.4) is 0 Å². The van der Waals surface area contributed by atoms with Crippen molar-refractivity contribution >= 4 is 67.8 Å². The number of benzene rings is 2. The van der Waals surface area contributed by atoms with Crippen LogP contribution in [0.5, 0.6) is 0 Å². The Morgan fingerprint density at radius 2 is 1.91 bits per heavy atom. The van der Waals surface area contributed by atoms with Crippen LogP contribution >= 0.6 is 34.6 Å². The Balaban J connectivity index is 1.46. The van der Waals surface area contributed by atoms with Gasteiger partial charge in [0.1, 0.15) is 5.82 Å². The molecule has 0 spiro atoms. The first-order valence-electron chi connectivity index (χ1n) is 10.7. The zero-order chi connectivity index (χ0) is 25.1. The van der Waals surface area contributed by atoms with E-state index in [1.165, 1.54) is 35.4 Å². The van der Waals surface area contributed by atoms with Crippen LogP contribution in [0.25, 0.3) is 21.2 Å².